The third-order valence-corrected chi connectivity index (χ3v) is 5.36. The average Bonchev–Trinajstić information content (AvgIpc) is 3.24. The third kappa shape index (κ3) is 4.31. The van der Waals surface area contributed by atoms with E-state index in [2.05, 4.69) is 9.97 Å². The molecule has 1 atom stereocenters. The zero-order valence-corrected chi connectivity index (χ0v) is 16.4. The maximum absolute atomic E-state index is 13.5. The molecule has 0 aliphatic carbocycles. The minimum atomic E-state index is -0.286. The summed E-state index contributed by atoms with van der Waals surface area (Å²) in [5.41, 5.74) is 2.43. The largest absolute Gasteiger partial charge is 0.497 e. The van der Waals surface area contributed by atoms with E-state index in [0.29, 0.717) is 13.0 Å². The second kappa shape index (κ2) is 8.47. The molecule has 1 amide bonds. The van der Waals surface area contributed by atoms with Crippen LogP contribution < -0.4 is 4.74 Å². The van der Waals surface area contributed by atoms with Crippen molar-refractivity contribution in [2.75, 3.05) is 13.7 Å². The smallest absolute Gasteiger partial charge is 0.227 e. The number of H-pyrrole nitrogens is 1. The van der Waals surface area contributed by atoms with Crippen molar-refractivity contribution >= 4 is 5.91 Å². The summed E-state index contributed by atoms with van der Waals surface area (Å²) in [6.07, 6.45) is 4.93. The van der Waals surface area contributed by atoms with Crippen molar-refractivity contribution in [2.24, 2.45) is 0 Å². The number of rotatable bonds is 5. The molecule has 1 aliphatic rings. The molecule has 6 heteroatoms. The van der Waals surface area contributed by atoms with E-state index in [1.165, 1.54) is 12.1 Å². The van der Waals surface area contributed by atoms with Gasteiger partial charge in [-0.2, -0.15) is 0 Å². The van der Waals surface area contributed by atoms with Crippen molar-refractivity contribution in [2.45, 2.75) is 31.7 Å². The van der Waals surface area contributed by atoms with Crippen LogP contribution >= 0.6 is 0 Å². The molecule has 1 aromatic heterocycles. The van der Waals surface area contributed by atoms with Crippen LogP contribution in [0.1, 0.15) is 36.7 Å². The van der Waals surface area contributed by atoms with Gasteiger partial charge in [0.15, 0.2) is 0 Å². The van der Waals surface area contributed by atoms with Crippen molar-refractivity contribution < 1.29 is 13.9 Å². The van der Waals surface area contributed by atoms with Crippen molar-refractivity contribution in [3.05, 3.63) is 71.9 Å². The molecule has 1 N–H and O–H groups in total. The third-order valence-electron chi connectivity index (χ3n) is 5.36. The Balaban J connectivity index is 1.54. The SMILES string of the molecule is COc1cccc(CC(=O)N2CCCCC2c2ncc(-c3cccc(F)c3)[nH]2)c1. The lowest BCUT2D eigenvalue weighted by Crippen LogP contribution is -2.39. The number of benzene rings is 2. The molecule has 3 aromatic rings. The molecular weight excluding hydrogens is 369 g/mol. The number of likely N-dealkylation sites (tertiary alicyclic amines) is 1. The number of aromatic amines is 1. The predicted octanol–water partition coefficient (Wildman–Crippen LogP) is 4.52. The van der Waals surface area contributed by atoms with E-state index in [1.807, 2.05) is 35.2 Å². The Morgan fingerprint density at radius 2 is 2.10 bits per heavy atom. The van der Waals surface area contributed by atoms with Gasteiger partial charge in [0, 0.05) is 12.1 Å². The molecule has 150 valence electrons. The van der Waals surface area contributed by atoms with E-state index in [4.69, 9.17) is 4.74 Å². The monoisotopic (exact) mass is 393 g/mol. The Bertz CT molecular complexity index is 1000. The molecule has 29 heavy (non-hydrogen) atoms. The summed E-state index contributed by atoms with van der Waals surface area (Å²) in [4.78, 5) is 22.8. The summed E-state index contributed by atoms with van der Waals surface area (Å²) in [6.45, 7) is 0.712. The number of nitrogens with zero attached hydrogens (tertiary/aromatic N) is 2. The highest BCUT2D eigenvalue weighted by Crippen LogP contribution is 2.31. The van der Waals surface area contributed by atoms with Crippen LogP contribution in [0.2, 0.25) is 0 Å². The highest BCUT2D eigenvalue weighted by atomic mass is 19.1. The number of methoxy groups -OCH3 is 1. The lowest BCUT2D eigenvalue weighted by molar-refractivity contribution is -0.134. The van der Waals surface area contributed by atoms with Crippen molar-refractivity contribution in [3.63, 3.8) is 0 Å². The van der Waals surface area contributed by atoms with Crippen LogP contribution in [0.5, 0.6) is 5.75 Å². The van der Waals surface area contributed by atoms with Crippen LogP contribution in [0.4, 0.5) is 4.39 Å². The number of carbonyl (C=O) groups excluding carboxylic acids is 1. The van der Waals surface area contributed by atoms with Gasteiger partial charge in [0.2, 0.25) is 5.91 Å². The van der Waals surface area contributed by atoms with Crippen LogP contribution in [0.25, 0.3) is 11.3 Å². The molecule has 0 bridgehead atoms. The van der Waals surface area contributed by atoms with E-state index in [0.717, 1.165) is 47.7 Å². The Kier molecular flexibility index (Phi) is 5.60. The molecule has 1 unspecified atom stereocenters. The molecule has 0 spiro atoms. The van der Waals surface area contributed by atoms with E-state index >= 15 is 0 Å². The maximum atomic E-state index is 13.5. The maximum Gasteiger partial charge on any atom is 0.227 e. The number of piperidine rings is 1. The molecule has 2 aromatic carbocycles. The summed E-state index contributed by atoms with van der Waals surface area (Å²) in [5.74, 6) is 1.29. The molecule has 4 rings (SSSR count). The predicted molar refractivity (Wildman–Crippen MR) is 109 cm³/mol. The van der Waals surface area contributed by atoms with Gasteiger partial charge in [-0.1, -0.05) is 24.3 Å². The quantitative estimate of drug-likeness (QED) is 0.693. The summed E-state index contributed by atoms with van der Waals surface area (Å²) >= 11 is 0. The number of aromatic nitrogens is 2. The van der Waals surface area contributed by atoms with Gasteiger partial charge in [0.1, 0.15) is 17.4 Å². The van der Waals surface area contributed by atoms with Gasteiger partial charge in [-0.15, -0.1) is 0 Å². The number of nitrogens with one attached hydrogen (secondary N) is 1. The van der Waals surface area contributed by atoms with E-state index < -0.39 is 0 Å². The Labute approximate surface area is 169 Å². The molecule has 2 heterocycles. The van der Waals surface area contributed by atoms with Crippen molar-refractivity contribution in [1.29, 1.82) is 0 Å². The first-order valence-electron chi connectivity index (χ1n) is 9.87. The summed E-state index contributed by atoms with van der Waals surface area (Å²) < 4.78 is 18.8. The highest BCUT2D eigenvalue weighted by molar-refractivity contribution is 5.79. The number of amides is 1. The lowest BCUT2D eigenvalue weighted by Gasteiger charge is -2.34. The summed E-state index contributed by atoms with van der Waals surface area (Å²) in [6, 6.07) is 13.9. The molecule has 1 saturated heterocycles. The second-order valence-corrected chi connectivity index (χ2v) is 7.32. The Morgan fingerprint density at radius 1 is 1.24 bits per heavy atom. The molecule has 0 saturated carbocycles. The molecule has 1 fully saturated rings. The molecule has 0 radical (unpaired) electrons. The van der Waals surface area contributed by atoms with Gasteiger partial charge in [-0.05, 0) is 49.1 Å². The number of halogens is 1. The zero-order chi connectivity index (χ0) is 20.2. The standard InChI is InChI=1S/C23H24FN3O2/c1-29-19-9-4-6-16(12-19)13-22(28)27-11-3-2-10-21(27)23-25-15-20(26-23)17-7-5-8-18(24)14-17/h4-9,12,14-15,21H,2-3,10-11,13H2,1H3,(H,25,26). The van der Waals surface area contributed by atoms with E-state index in [1.54, 1.807) is 19.4 Å². The number of imidazole rings is 1. The molecule has 5 nitrogen and oxygen atoms in total. The van der Waals surface area contributed by atoms with Gasteiger partial charge in [0.05, 0.1) is 31.5 Å². The van der Waals surface area contributed by atoms with Gasteiger partial charge in [-0.25, -0.2) is 9.37 Å². The first kappa shape index (κ1) is 19.2. The van der Waals surface area contributed by atoms with E-state index in [9.17, 15) is 9.18 Å². The first-order valence-corrected chi connectivity index (χ1v) is 9.87. The summed E-state index contributed by atoms with van der Waals surface area (Å²) in [5, 5.41) is 0. The van der Waals surface area contributed by atoms with Crippen LogP contribution in [0.3, 0.4) is 0 Å². The fourth-order valence-electron chi connectivity index (χ4n) is 3.88. The van der Waals surface area contributed by atoms with Crippen LogP contribution in [0, 0.1) is 5.82 Å². The van der Waals surface area contributed by atoms with Crippen molar-refractivity contribution in [3.8, 4) is 17.0 Å². The number of ether oxygens (including phenoxy) is 1. The van der Waals surface area contributed by atoms with Gasteiger partial charge < -0.3 is 14.6 Å². The number of hydrogen-bond acceptors (Lipinski definition) is 3. The minimum Gasteiger partial charge on any atom is -0.497 e. The fourth-order valence-corrected chi connectivity index (χ4v) is 3.88. The number of carbonyl (C=O) groups is 1. The summed E-state index contributed by atoms with van der Waals surface area (Å²) in [7, 11) is 1.62. The van der Waals surface area contributed by atoms with Crippen LogP contribution in [-0.4, -0.2) is 34.4 Å². The minimum absolute atomic E-state index is 0.0756. The van der Waals surface area contributed by atoms with Crippen molar-refractivity contribution in [1.82, 2.24) is 14.9 Å². The first-order chi connectivity index (χ1) is 14.1. The Morgan fingerprint density at radius 3 is 2.93 bits per heavy atom. The normalized spacial score (nSPS) is 16.6. The topological polar surface area (TPSA) is 58.2 Å². The average molecular weight is 393 g/mol. The van der Waals surface area contributed by atoms with E-state index in [-0.39, 0.29) is 17.8 Å². The van der Waals surface area contributed by atoms with Crippen LogP contribution in [-0.2, 0) is 11.2 Å². The van der Waals surface area contributed by atoms with Gasteiger partial charge in [0.25, 0.3) is 0 Å². The molecular formula is C23H24FN3O2. The second-order valence-electron chi connectivity index (χ2n) is 7.32. The lowest BCUT2D eigenvalue weighted by atomic mass is 10.00. The Hall–Kier alpha value is -3.15. The fraction of sp³-hybridized carbons (Fsp3) is 0.304. The van der Waals surface area contributed by atoms with Gasteiger partial charge in [-0.3, -0.25) is 4.79 Å². The molecule has 1 aliphatic heterocycles. The highest BCUT2D eigenvalue weighted by Gasteiger charge is 2.30. The zero-order valence-electron chi connectivity index (χ0n) is 16.4. The number of hydrogen-bond donors (Lipinski definition) is 1. The van der Waals surface area contributed by atoms with Crippen LogP contribution in [0.15, 0.2) is 54.7 Å². The van der Waals surface area contributed by atoms with Gasteiger partial charge >= 0.3 is 0 Å².